The first-order valence-corrected chi connectivity index (χ1v) is 14.3. The summed E-state index contributed by atoms with van der Waals surface area (Å²) in [5.41, 5.74) is 3.79. The minimum Gasteiger partial charge on any atom is -0.339 e. The lowest BCUT2D eigenvalue weighted by atomic mass is 9.86. The van der Waals surface area contributed by atoms with Crippen LogP contribution < -0.4 is 4.31 Å². The van der Waals surface area contributed by atoms with Gasteiger partial charge in [-0.25, -0.2) is 4.21 Å². The summed E-state index contributed by atoms with van der Waals surface area (Å²) in [6.45, 7) is 1.93. The Morgan fingerprint density at radius 1 is 0.946 bits per heavy atom. The summed E-state index contributed by atoms with van der Waals surface area (Å²) in [5.74, 6) is 0.570. The molecule has 3 aromatic rings. The Labute approximate surface area is 226 Å². The van der Waals surface area contributed by atoms with E-state index in [1.807, 2.05) is 88.1 Å². The molecule has 1 saturated heterocycles. The number of amides is 1. The normalized spacial score (nSPS) is 16.8. The maximum Gasteiger partial charge on any atom is 0.253 e. The van der Waals surface area contributed by atoms with Gasteiger partial charge in [-0.1, -0.05) is 66.2 Å². The highest BCUT2D eigenvalue weighted by Gasteiger charge is 2.26. The minimum atomic E-state index is -1.45. The van der Waals surface area contributed by atoms with Crippen molar-refractivity contribution in [2.75, 3.05) is 17.4 Å². The van der Waals surface area contributed by atoms with E-state index in [1.54, 1.807) is 0 Å². The van der Waals surface area contributed by atoms with Crippen LogP contribution >= 0.6 is 11.6 Å². The SMILES string of the molecule is O=C(c1cccc(N(Cc2ccc(Cl)cc2)S(=O)c2ccccc2)c1)N1CCC(C2=CCCC=C2)CC1. The highest BCUT2D eigenvalue weighted by Crippen LogP contribution is 2.30. The van der Waals surface area contributed by atoms with E-state index in [0.717, 1.165) is 50.0 Å². The van der Waals surface area contributed by atoms with E-state index < -0.39 is 11.0 Å². The summed E-state index contributed by atoms with van der Waals surface area (Å²) in [6, 6.07) is 24.5. The van der Waals surface area contributed by atoms with Gasteiger partial charge < -0.3 is 4.90 Å². The van der Waals surface area contributed by atoms with Gasteiger partial charge in [0.25, 0.3) is 5.91 Å². The van der Waals surface area contributed by atoms with Crippen LogP contribution in [0.15, 0.2) is 108 Å². The van der Waals surface area contributed by atoms with Gasteiger partial charge in [0.1, 0.15) is 0 Å². The predicted octanol–water partition coefficient (Wildman–Crippen LogP) is 7.20. The second kappa shape index (κ2) is 11.9. The fourth-order valence-electron chi connectivity index (χ4n) is 4.99. The van der Waals surface area contributed by atoms with Gasteiger partial charge in [0.05, 0.1) is 17.1 Å². The maximum atomic E-state index is 13.7. The average molecular weight is 531 g/mol. The fraction of sp³-hybridized carbons (Fsp3) is 0.258. The molecule has 1 fully saturated rings. The van der Waals surface area contributed by atoms with E-state index >= 15 is 0 Å². The largest absolute Gasteiger partial charge is 0.339 e. The molecule has 1 heterocycles. The molecule has 4 nitrogen and oxygen atoms in total. The molecule has 190 valence electrons. The zero-order chi connectivity index (χ0) is 25.6. The summed E-state index contributed by atoms with van der Waals surface area (Å²) >= 11 is 6.08. The molecule has 6 heteroatoms. The number of piperidine rings is 1. The van der Waals surface area contributed by atoms with Crippen molar-refractivity contribution in [1.82, 2.24) is 4.90 Å². The molecule has 2 aliphatic rings. The Morgan fingerprint density at radius 3 is 2.41 bits per heavy atom. The van der Waals surface area contributed by atoms with E-state index in [4.69, 9.17) is 11.6 Å². The molecule has 1 unspecified atom stereocenters. The Balaban J connectivity index is 1.36. The van der Waals surface area contributed by atoms with E-state index in [-0.39, 0.29) is 5.91 Å². The first-order chi connectivity index (χ1) is 18.1. The first-order valence-electron chi connectivity index (χ1n) is 12.8. The third-order valence-corrected chi connectivity index (χ3v) is 8.71. The van der Waals surface area contributed by atoms with Gasteiger partial charge in [0.15, 0.2) is 11.0 Å². The molecule has 0 aromatic heterocycles. The third-order valence-electron chi connectivity index (χ3n) is 7.04. The van der Waals surface area contributed by atoms with Gasteiger partial charge in [-0.3, -0.25) is 9.10 Å². The van der Waals surface area contributed by atoms with E-state index in [2.05, 4.69) is 18.2 Å². The van der Waals surface area contributed by atoms with Crippen LogP contribution in [0.5, 0.6) is 0 Å². The van der Waals surface area contributed by atoms with E-state index in [1.165, 1.54) is 5.57 Å². The van der Waals surface area contributed by atoms with Crippen LogP contribution in [-0.2, 0) is 17.5 Å². The number of benzene rings is 3. The monoisotopic (exact) mass is 530 g/mol. The van der Waals surface area contributed by atoms with Crippen molar-refractivity contribution in [3.63, 3.8) is 0 Å². The van der Waals surface area contributed by atoms with Gasteiger partial charge in [0.2, 0.25) is 0 Å². The van der Waals surface area contributed by atoms with Crippen LogP contribution in [0.2, 0.25) is 5.02 Å². The quantitative estimate of drug-likeness (QED) is 0.324. The molecule has 0 saturated carbocycles. The number of rotatable bonds is 7. The fourth-order valence-corrected chi connectivity index (χ4v) is 6.34. The number of likely N-dealkylation sites (tertiary alicyclic amines) is 1. The molecule has 1 amide bonds. The van der Waals surface area contributed by atoms with Crippen molar-refractivity contribution in [3.05, 3.63) is 119 Å². The molecule has 0 radical (unpaired) electrons. The summed E-state index contributed by atoms with van der Waals surface area (Å²) in [6.07, 6.45) is 11.1. The molecular weight excluding hydrogens is 500 g/mol. The van der Waals surface area contributed by atoms with Gasteiger partial charge in [-0.05, 0) is 85.2 Å². The van der Waals surface area contributed by atoms with Gasteiger partial charge in [-0.2, -0.15) is 0 Å². The van der Waals surface area contributed by atoms with Gasteiger partial charge in [0, 0.05) is 23.7 Å². The topological polar surface area (TPSA) is 40.6 Å². The number of nitrogens with zero attached hydrogens (tertiary/aromatic N) is 2. The summed E-state index contributed by atoms with van der Waals surface area (Å²) in [4.78, 5) is 16.1. The van der Waals surface area contributed by atoms with Crippen molar-refractivity contribution in [3.8, 4) is 0 Å². The molecule has 37 heavy (non-hydrogen) atoms. The molecule has 5 rings (SSSR count). The molecule has 1 aliphatic heterocycles. The Bertz CT molecular complexity index is 1310. The number of hydrogen-bond acceptors (Lipinski definition) is 2. The lowest BCUT2D eigenvalue weighted by Crippen LogP contribution is -2.39. The maximum absolute atomic E-state index is 13.7. The molecule has 3 aromatic carbocycles. The summed E-state index contributed by atoms with van der Waals surface area (Å²) < 4.78 is 15.5. The molecule has 1 atom stereocenters. The molecular formula is C31H31ClN2O2S. The smallest absolute Gasteiger partial charge is 0.253 e. The molecule has 0 N–H and O–H groups in total. The Kier molecular flexibility index (Phi) is 8.22. The lowest BCUT2D eigenvalue weighted by molar-refractivity contribution is 0.0703. The number of carbonyl (C=O) groups is 1. The van der Waals surface area contributed by atoms with Gasteiger partial charge in [-0.15, -0.1) is 0 Å². The summed E-state index contributed by atoms with van der Waals surface area (Å²) in [5, 5.41) is 0.659. The number of allylic oxidation sites excluding steroid dienone is 4. The minimum absolute atomic E-state index is 0.0328. The van der Waals surface area contributed by atoms with Crippen LogP contribution in [0.1, 0.15) is 41.6 Å². The zero-order valence-corrected chi connectivity index (χ0v) is 22.3. The third kappa shape index (κ3) is 6.23. The van der Waals surface area contributed by atoms with Crippen LogP contribution in [0.3, 0.4) is 0 Å². The second-order valence-electron chi connectivity index (χ2n) is 9.53. The predicted molar refractivity (Wildman–Crippen MR) is 152 cm³/mol. The second-order valence-corrected chi connectivity index (χ2v) is 11.4. The summed E-state index contributed by atoms with van der Waals surface area (Å²) in [7, 11) is -1.45. The number of hydrogen-bond donors (Lipinski definition) is 0. The van der Waals surface area contributed by atoms with Crippen LogP contribution in [0, 0.1) is 5.92 Å². The van der Waals surface area contributed by atoms with E-state index in [9.17, 15) is 9.00 Å². The van der Waals surface area contributed by atoms with Crippen LogP contribution in [0.4, 0.5) is 5.69 Å². The van der Waals surface area contributed by atoms with Crippen LogP contribution in [-0.4, -0.2) is 28.1 Å². The highest BCUT2D eigenvalue weighted by atomic mass is 35.5. The highest BCUT2D eigenvalue weighted by molar-refractivity contribution is 7.86. The standard InChI is InChI=1S/C31H31ClN2O2S/c32-28-16-14-24(15-17-28)23-34(37(36)30-12-5-2-6-13-30)29-11-7-10-27(22-29)31(35)33-20-18-26(19-21-33)25-8-3-1-4-9-25/h2-3,5-17,22,26H,1,4,18-21,23H2. The number of carbonyl (C=O) groups excluding carboxylic acids is 1. The van der Waals surface area contributed by atoms with Crippen molar-refractivity contribution in [1.29, 1.82) is 0 Å². The number of halogens is 1. The molecule has 1 aliphatic carbocycles. The van der Waals surface area contributed by atoms with Crippen molar-refractivity contribution in [2.45, 2.75) is 37.1 Å². The van der Waals surface area contributed by atoms with E-state index in [0.29, 0.717) is 27.9 Å². The van der Waals surface area contributed by atoms with Crippen molar-refractivity contribution >= 4 is 34.2 Å². The van der Waals surface area contributed by atoms with Crippen LogP contribution in [0.25, 0.3) is 0 Å². The number of anilines is 1. The average Bonchev–Trinajstić information content (AvgIpc) is 2.97. The van der Waals surface area contributed by atoms with Crippen molar-refractivity contribution < 1.29 is 9.00 Å². The lowest BCUT2D eigenvalue weighted by Gasteiger charge is -2.33. The van der Waals surface area contributed by atoms with Crippen molar-refractivity contribution in [2.24, 2.45) is 5.92 Å². The zero-order valence-electron chi connectivity index (χ0n) is 20.8. The first kappa shape index (κ1) is 25.5. The molecule has 0 spiro atoms. The van der Waals surface area contributed by atoms with Gasteiger partial charge >= 0.3 is 0 Å². The Morgan fingerprint density at radius 2 is 1.70 bits per heavy atom. The Hall–Kier alpha value is -3.15. The molecule has 0 bridgehead atoms.